The molecule has 4 aromatic rings. The van der Waals surface area contributed by atoms with Crippen LogP contribution in [0.3, 0.4) is 0 Å². The number of aliphatic hydroxyl groups excluding tert-OH is 1. The number of hydrogen-bond donors (Lipinski definition) is 5. The van der Waals surface area contributed by atoms with E-state index < -0.39 is 18.2 Å². The number of H-pyrrole nitrogens is 2. The number of piperidine rings is 1. The molecule has 17 heteroatoms. The Morgan fingerprint density at radius 1 is 1.18 bits per heavy atom. The van der Waals surface area contributed by atoms with Crippen molar-refractivity contribution >= 4 is 40.2 Å². The maximum Gasteiger partial charge on any atom is 0.490 e. The van der Waals surface area contributed by atoms with E-state index in [9.17, 15) is 27.9 Å². The van der Waals surface area contributed by atoms with Crippen LogP contribution >= 0.6 is 11.6 Å². The molecule has 0 unspecified atom stereocenters. The summed E-state index contributed by atoms with van der Waals surface area (Å²) < 4.78 is 42.5. The van der Waals surface area contributed by atoms with E-state index in [2.05, 4.69) is 32.2 Å². The van der Waals surface area contributed by atoms with Crippen LogP contribution in [0, 0.1) is 0 Å². The second kappa shape index (κ2) is 14.8. The number of carbonyl (C=O) groups excluding carboxylic acids is 1. The van der Waals surface area contributed by atoms with Gasteiger partial charge < -0.3 is 44.8 Å². The van der Waals surface area contributed by atoms with Crippen LogP contribution in [0.5, 0.6) is 11.5 Å². The number of aromatic amines is 2. The first kappa shape index (κ1) is 35.5. The monoisotopic (exact) mass is 706 g/mol. The number of aliphatic carboxylic acids is 1. The van der Waals surface area contributed by atoms with Crippen molar-refractivity contribution in [2.24, 2.45) is 0 Å². The van der Waals surface area contributed by atoms with E-state index in [0.717, 1.165) is 37.0 Å². The molecule has 6 rings (SSSR count). The standard InChI is InChI=1S/C30H33ClN6O5.C2HF3O2/c1-36-9-6-18(7-10-36)37-15-17-11-24-25(13-21(17)30(37)40)35-28(34-24)27-23(5-8-32-29(27)39)33-14-19(38)16-42-26-4-3-20(41-2)12-22(26)31;3-2(4,5)1(6)7/h3-5,8,11-13,18-19,38H,6-7,9-10,14-16H2,1-2H3,(H,34,35)(H2,32,33,39);(H,6,7)/t19-;/m1./s1. The van der Waals surface area contributed by atoms with E-state index >= 15 is 0 Å². The molecule has 0 radical (unpaired) electrons. The third-order valence-electron chi connectivity index (χ3n) is 8.21. The largest absolute Gasteiger partial charge is 0.497 e. The number of carboxylic acid groups (broad SMARTS) is 1. The lowest BCUT2D eigenvalue weighted by Crippen LogP contribution is -2.43. The van der Waals surface area contributed by atoms with E-state index in [-0.39, 0.29) is 30.7 Å². The summed E-state index contributed by atoms with van der Waals surface area (Å²) in [6, 6.07) is 10.8. The van der Waals surface area contributed by atoms with E-state index in [1.165, 1.54) is 6.20 Å². The first-order valence-corrected chi connectivity index (χ1v) is 15.6. The maximum atomic E-state index is 13.3. The van der Waals surface area contributed by atoms with Gasteiger partial charge in [-0.05, 0) is 68.9 Å². The number of pyridine rings is 1. The number of rotatable bonds is 9. The van der Waals surface area contributed by atoms with Gasteiger partial charge in [0.25, 0.3) is 11.5 Å². The Hall–Kier alpha value is -4.80. The number of imidazole rings is 1. The molecular weight excluding hydrogens is 673 g/mol. The number of carboxylic acids is 1. The molecule has 5 N–H and O–H groups in total. The first-order chi connectivity index (χ1) is 23.2. The number of carbonyl (C=O) groups is 2. The highest BCUT2D eigenvalue weighted by atomic mass is 35.5. The summed E-state index contributed by atoms with van der Waals surface area (Å²) in [6.45, 7) is 2.64. The number of methoxy groups -OCH3 is 1. The van der Waals surface area contributed by atoms with E-state index in [4.69, 9.17) is 31.0 Å². The second-order valence-corrected chi connectivity index (χ2v) is 12.0. The van der Waals surface area contributed by atoms with Gasteiger partial charge in [0, 0.05) is 37.0 Å². The average molecular weight is 707 g/mol. The van der Waals surface area contributed by atoms with Crippen LogP contribution in [-0.4, -0.2) is 106 Å². The molecule has 0 spiro atoms. The number of halogens is 4. The number of nitrogens with zero attached hydrogens (tertiary/aromatic N) is 3. The van der Waals surface area contributed by atoms with Gasteiger partial charge in [-0.15, -0.1) is 0 Å². The molecule has 1 saturated heterocycles. The summed E-state index contributed by atoms with van der Waals surface area (Å²) in [6.07, 6.45) is -2.51. The highest BCUT2D eigenvalue weighted by Crippen LogP contribution is 2.33. The molecule has 0 bridgehead atoms. The molecule has 49 heavy (non-hydrogen) atoms. The van der Waals surface area contributed by atoms with Crippen LogP contribution in [0.25, 0.3) is 22.4 Å². The maximum absolute atomic E-state index is 13.3. The molecule has 262 valence electrons. The topological polar surface area (TPSA) is 173 Å². The molecule has 1 atom stereocenters. The fourth-order valence-electron chi connectivity index (χ4n) is 5.62. The van der Waals surface area contributed by atoms with Crippen LogP contribution in [0.15, 0.2) is 47.4 Å². The summed E-state index contributed by atoms with van der Waals surface area (Å²) >= 11 is 6.22. The zero-order valence-electron chi connectivity index (χ0n) is 26.4. The SMILES string of the molecule is COc1ccc(OC[C@H](O)CNc2cc[nH]c(=O)c2-c2nc3cc4c(cc3[nH]2)CN(C2CCN(C)CC2)C4=O)c(Cl)c1.O=C(O)C(F)(F)F. The molecule has 2 aliphatic heterocycles. The quantitative estimate of drug-likeness (QED) is 0.171. The molecule has 0 aliphatic carbocycles. The predicted molar refractivity (Wildman–Crippen MR) is 174 cm³/mol. The highest BCUT2D eigenvalue weighted by molar-refractivity contribution is 6.32. The zero-order valence-corrected chi connectivity index (χ0v) is 27.2. The Labute approximate surface area is 282 Å². The van der Waals surface area contributed by atoms with Crippen LogP contribution in [0.1, 0.15) is 28.8 Å². The molecule has 1 amide bonds. The number of amides is 1. The lowest BCUT2D eigenvalue weighted by atomic mass is 10.0. The molecule has 2 aromatic heterocycles. The van der Waals surface area contributed by atoms with Crippen LogP contribution < -0.4 is 20.3 Å². The van der Waals surface area contributed by atoms with E-state index in [1.54, 1.807) is 31.4 Å². The van der Waals surface area contributed by atoms with Crippen LogP contribution in [0.4, 0.5) is 18.9 Å². The summed E-state index contributed by atoms with van der Waals surface area (Å²) in [7, 11) is 3.66. The number of fused-ring (bicyclic) bond motifs is 2. The van der Waals surface area contributed by atoms with Crippen LogP contribution in [-0.2, 0) is 11.3 Å². The van der Waals surface area contributed by atoms with Crippen molar-refractivity contribution in [3.8, 4) is 22.9 Å². The van der Waals surface area contributed by atoms with E-state index in [0.29, 0.717) is 51.2 Å². The van der Waals surface area contributed by atoms with Crippen LogP contribution in [0.2, 0.25) is 5.02 Å². The Bertz CT molecular complexity index is 1890. The molecule has 13 nitrogen and oxygen atoms in total. The summed E-state index contributed by atoms with van der Waals surface area (Å²) in [5, 5.41) is 21.2. The molecule has 2 aromatic carbocycles. The third kappa shape index (κ3) is 8.26. The minimum atomic E-state index is -5.08. The summed E-state index contributed by atoms with van der Waals surface area (Å²) in [5.74, 6) is -1.32. The van der Waals surface area contributed by atoms with Gasteiger partial charge in [0.05, 0.1) is 28.9 Å². The molecule has 4 heterocycles. The molecule has 1 fully saturated rings. The minimum Gasteiger partial charge on any atom is -0.497 e. The van der Waals surface area contributed by atoms with Gasteiger partial charge in [-0.1, -0.05) is 11.6 Å². The van der Waals surface area contributed by atoms with Crippen molar-refractivity contribution in [3.05, 3.63) is 69.1 Å². The molecular formula is C32H34ClF3N6O7. The lowest BCUT2D eigenvalue weighted by molar-refractivity contribution is -0.192. The summed E-state index contributed by atoms with van der Waals surface area (Å²) in [4.78, 5) is 50.1. The fraction of sp³-hybridized carbons (Fsp3) is 0.375. The van der Waals surface area contributed by atoms with Gasteiger partial charge in [0.2, 0.25) is 0 Å². The van der Waals surface area contributed by atoms with Crippen molar-refractivity contribution in [2.75, 3.05) is 45.7 Å². The van der Waals surface area contributed by atoms with Gasteiger partial charge >= 0.3 is 12.1 Å². The highest BCUT2D eigenvalue weighted by Gasteiger charge is 2.38. The third-order valence-corrected chi connectivity index (χ3v) is 8.50. The molecule has 0 saturated carbocycles. The first-order valence-electron chi connectivity index (χ1n) is 15.2. The predicted octanol–water partition coefficient (Wildman–Crippen LogP) is 4.12. The van der Waals surface area contributed by atoms with Crippen molar-refractivity contribution in [2.45, 2.75) is 37.7 Å². The Kier molecular flexibility index (Phi) is 10.7. The van der Waals surface area contributed by atoms with Crippen molar-refractivity contribution < 1.29 is 42.4 Å². The number of aliphatic hydroxyl groups is 1. The average Bonchev–Trinajstić information content (AvgIpc) is 3.61. The van der Waals surface area contributed by atoms with E-state index in [1.807, 2.05) is 17.0 Å². The second-order valence-electron chi connectivity index (χ2n) is 11.6. The van der Waals surface area contributed by atoms with Gasteiger partial charge in [-0.3, -0.25) is 9.59 Å². The Balaban J connectivity index is 0.000000606. The number of hydrogen-bond acceptors (Lipinski definition) is 9. The number of nitrogens with one attached hydrogen (secondary N) is 3. The van der Waals surface area contributed by atoms with Gasteiger partial charge in [0.1, 0.15) is 35.6 Å². The van der Waals surface area contributed by atoms with Gasteiger partial charge in [-0.25, -0.2) is 9.78 Å². The smallest absolute Gasteiger partial charge is 0.490 e. The van der Waals surface area contributed by atoms with Crippen molar-refractivity contribution in [3.63, 3.8) is 0 Å². The zero-order chi connectivity index (χ0) is 35.5. The Morgan fingerprint density at radius 3 is 2.55 bits per heavy atom. The van der Waals surface area contributed by atoms with Crippen molar-refractivity contribution in [1.29, 1.82) is 0 Å². The van der Waals surface area contributed by atoms with Gasteiger partial charge in [-0.2, -0.15) is 13.2 Å². The Morgan fingerprint density at radius 2 is 1.90 bits per heavy atom. The number of alkyl halides is 3. The number of benzene rings is 2. The summed E-state index contributed by atoms with van der Waals surface area (Å²) in [5.41, 5.74) is 3.45. The number of aromatic nitrogens is 3. The fourth-order valence-corrected chi connectivity index (χ4v) is 5.85. The number of likely N-dealkylation sites (tertiary alicyclic amines) is 1. The minimum absolute atomic E-state index is 0.0175. The van der Waals surface area contributed by atoms with Crippen molar-refractivity contribution in [1.82, 2.24) is 24.8 Å². The normalized spacial score (nSPS) is 15.8. The number of anilines is 1. The lowest BCUT2D eigenvalue weighted by Gasteiger charge is -2.34. The molecule has 2 aliphatic rings. The van der Waals surface area contributed by atoms with Gasteiger partial charge in [0.15, 0.2) is 0 Å². The number of ether oxygens (including phenoxy) is 2.